The molecule has 3 aromatic rings. The van der Waals surface area contributed by atoms with E-state index >= 15 is 0 Å². The molecule has 0 spiro atoms. The number of carbonyl (C=O) groups excluding carboxylic acids is 1. The number of ether oxygens (including phenoxy) is 1. The monoisotopic (exact) mass is 343 g/mol. The normalized spacial score (nSPS) is 11.0. The number of nitrogens with zero attached hydrogens (tertiary/aromatic N) is 1. The van der Waals surface area contributed by atoms with Crippen molar-refractivity contribution in [3.63, 3.8) is 0 Å². The minimum Gasteiger partial charge on any atom is -0.465 e. The summed E-state index contributed by atoms with van der Waals surface area (Å²) in [7, 11) is 1.34. The van der Waals surface area contributed by atoms with Gasteiger partial charge in [-0.05, 0) is 31.0 Å². The lowest BCUT2D eigenvalue weighted by Crippen LogP contribution is -2.10. The van der Waals surface area contributed by atoms with E-state index in [1.807, 2.05) is 19.2 Å². The molecule has 3 rings (SSSR count). The average molecular weight is 343 g/mol. The van der Waals surface area contributed by atoms with Crippen molar-refractivity contribution in [3.05, 3.63) is 50.1 Å². The lowest BCUT2D eigenvalue weighted by molar-refractivity contribution is 0.0599. The molecule has 0 atom stereocenters. The summed E-state index contributed by atoms with van der Waals surface area (Å²) in [4.78, 5) is 29.2. The van der Waals surface area contributed by atoms with Crippen LogP contribution in [0, 0.1) is 6.92 Å². The van der Waals surface area contributed by atoms with E-state index in [1.54, 1.807) is 12.1 Å². The van der Waals surface area contributed by atoms with E-state index in [0.29, 0.717) is 34.2 Å². The SMILES string of the molecule is CCCc1cc2c(=O)c(-c3csc(C)n3)coc2cc1C(=O)OC. The number of aromatic nitrogens is 1. The second-order valence-corrected chi connectivity index (χ2v) is 6.54. The second kappa shape index (κ2) is 6.57. The minimum absolute atomic E-state index is 0.143. The highest BCUT2D eigenvalue weighted by atomic mass is 32.1. The van der Waals surface area contributed by atoms with Gasteiger partial charge in [-0.1, -0.05) is 13.3 Å². The number of esters is 1. The van der Waals surface area contributed by atoms with Gasteiger partial charge in [0.05, 0.1) is 34.3 Å². The number of benzene rings is 1. The zero-order valence-electron chi connectivity index (χ0n) is 13.7. The van der Waals surface area contributed by atoms with Crippen LogP contribution in [0.15, 0.2) is 33.0 Å². The Labute approximate surface area is 142 Å². The zero-order valence-corrected chi connectivity index (χ0v) is 14.5. The number of fused-ring (bicyclic) bond motifs is 1. The zero-order chi connectivity index (χ0) is 17.3. The number of thiazole rings is 1. The molecule has 0 amide bonds. The summed E-state index contributed by atoms with van der Waals surface area (Å²) in [6, 6.07) is 3.32. The van der Waals surface area contributed by atoms with Crippen LogP contribution in [-0.4, -0.2) is 18.1 Å². The molecule has 2 heterocycles. The molecule has 6 heteroatoms. The first-order chi connectivity index (χ1) is 11.5. The summed E-state index contributed by atoms with van der Waals surface area (Å²) in [5, 5.41) is 3.18. The van der Waals surface area contributed by atoms with E-state index < -0.39 is 5.97 Å². The van der Waals surface area contributed by atoms with Gasteiger partial charge in [-0.3, -0.25) is 4.79 Å². The van der Waals surface area contributed by atoms with Crippen LogP contribution >= 0.6 is 11.3 Å². The van der Waals surface area contributed by atoms with Crippen molar-refractivity contribution < 1.29 is 13.9 Å². The Morgan fingerprint density at radius 1 is 1.38 bits per heavy atom. The predicted octanol–water partition coefficient (Wildman–Crippen LogP) is 3.96. The standard InChI is InChI=1S/C18H17NO4S/c1-4-5-11-6-13-16(7-12(11)18(21)22-3)23-8-14(17(13)20)15-9-24-10(2)19-15/h6-9H,4-5H2,1-3H3. The first kappa shape index (κ1) is 16.4. The molecule has 0 saturated heterocycles. The van der Waals surface area contributed by atoms with Gasteiger partial charge in [0.25, 0.3) is 0 Å². The number of carbonyl (C=O) groups is 1. The van der Waals surface area contributed by atoms with Crippen LogP contribution in [0.4, 0.5) is 0 Å². The molecule has 0 aliphatic heterocycles. The van der Waals surface area contributed by atoms with Gasteiger partial charge in [0.15, 0.2) is 0 Å². The maximum absolute atomic E-state index is 12.8. The first-order valence-electron chi connectivity index (χ1n) is 7.64. The third-order valence-electron chi connectivity index (χ3n) is 3.82. The fraction of sp³-hybridized carbons (Fsp3) is 0.278. The van der Waals surface area contributed by atoms with Crippen LogP contribution in [0.3, 0.4) is 0 Å². The Bertz CT molecular complexity index is 971. The quantitative estimate of drug-likeness (QED) is 0.671. The lowest BCUT2D eigenvalue weighted by Gasteiger charge is -2.09. The topological polar surface area (TPSA) is 69.4 Å². The van der Waals surface area contributed by atoms with Gasteiger partial charge in [-0.2, -0.15) is 0 Å². The van der Waals surface area contributed by atoms with Gasteiger partial charge in [0.1, 0.15) is 11.8 Å². The number of hydrogen-bond donors (Lipinski definition) is 0. The molecule has 5 nitrogen and oxygen atoms in total. The minimum atomic E-state index is -0.429. The van der Waals surface area contributed by atoms with Crippen molar-refractivity contribution in [1.82, 2.24) is 4.98 Å². The molecule has 124 valence electrons. The Morgan fingerprint density at radius 3 is 2.79 bits per heavy atom. The highest BCUT2D eigenvalue weighted by Crippen LogP contribution is 2.24. The molecule has 0 aliphatic carbocycles. The largest absolute Gasteiger partial charge is 0.465 e. The molecule has 0 fully saturated rings. The summed E-state index contributed by atoms with van der Waals surface area (Å²) in [5.41, 5.74) is 2.50. The Hall–Kier alpha value is -2.47. The molecule has 0 radical (unpaired) electrons. The molecule has 0 saturated carbocycles. The van der Waals surface area contributed by atoms with Crippen molar-refractivity contribution in [2.45, 2.75) is 26.7 Å². The van der Waals surface area contributed by atoms with Gasteiger partial charge in [-0.15, -0.1) is 11.3 Å². The summed E-state index contributed by atoms with van der Waals surface area (Å²) in [5.74, 6) is -0.429. The summed E-state index contributed by atoms with van der Waals surface area (Å²) in [6.07, 6.45) is 2.94. The van der Waals surface area contributed by atoms with E-state index in [-0.39, 0.29) is 5.43 Å². The molecule has 0 unspecified atom stereocenters. The molecule has 0 N–H and O–H groups in total. The maximum atomic E-state index is 12.8. The van der Waals surface area contributed by atoms with E-state index in [0.717, 1.165) is 17.0 Å². The molecule has 1 aromatic carbocycles. The van der Waals surface area contributed by atoms with E-state index in [1.165, 1.54) is 24.7 Å². The van der Waals surface area contributed by atoms with E-state index in [4.69, 9.17) is 9.15 Å². The van der Waals surface area contributed by atoms with Crippen LogP contribution in [-0.2, 0) is 11.2 Å². The molecular formula is C18H17NO4S. The molecule has 0 aliphatic rings. The van der Waals surface area contributed by atoms with Crippen LogP contribution in [0.25, 0.3) is 22.2 Å². The fourth-order valence-corrected chi connectivity index (χ4v) is 3.27. The highest BCUT2D eigenvalue weighted by molar-refractivity contribution is 7.09. The van der Waals surface area contributed by atoms with Crippen LogP contribution in [0.2, 0.25) is 0 Å². The van der Waals surface area contributed by atoms with Gasteiger partial charge in [0.2, 0.25) is 5.43 Å². The van der Waals surface area contributed by atoms with Gasteiger partial charge >= 0.3 is 5.97 Å². The number of hydrogen-bond acceptors (Lipinski definition) is 6. The Kier molecular flexibility index (Phi) is 4.49. The van der Waals surface area contributed by atoms with Gasteiger partial charge in [-0.25, -0.2) is 9.78 Å². The summed E-state index contributed by atoms with van der Waals surface area (Å²) < 4.78 is 10.4. The number of methoxy groups -OCH3 is 1. The molecule has 2 aromatic heterocycles. The molecule has 0 bridgehead atoms. The third kappa shape index (κ3) is 2.85. The van der Waals surface area contributed by atoms with Crippen molar-refractivity contribution >= 4 is 28.3 Å². The van der Waals surface area contributed by atoms with Crippen LogP contribution in [0.1, 0.15) is 34.3 Å². The third-order valence-corrected chi connectivity index (χ3v) is 4.59. The fourth-order valence-electron chi connectivity index (χ4n) is 2.66. The smallest absolute Gasteiger partial charge is 0.338 e. The summed E-state index contributed by atoms with van der Waals surface area (Å²) >= 11 is 1.48. The van der Waals surface area contributed by atoms with E-state index in [2.05, 4.69) is 4.98 Å². The van der Waals surface area contributed by atoms with Gasteiger partial charge < -0.3 is 9.15 Å². The average Bonchev–Trinajstić information content (AvgIpc) is 3.01. The van der Waals surface area contributed by atoms with Crippen molar-refractivity contribution in [3.8, 4) is 11.3 Å². The number of rotatable bonds is 4. The van der Waals surface area contributed by atoms with Crippen molar-refractivity contribution in [1.29, 1.82) is 0 Å². The highest BCUT2D eigenvalue weighted by Gasteiger charge is 2.17. The molecular weight excluding hydrogens is 326 g/mol. The molecule has 24 heavy (non-hydrogen) atoms. The lowest BCUT2D eigenvalue weighted by atomic mass is 9.99. The second-order valence-electron chi connectivity index (χ2n) is 5.48. The summed E-state index contributed by atoms with van der Waals surface area (Å²) in [6.45, 7) is 3.90. The van der Waals surface area contributed by atoms with E-state index in [9.17, 15) is 9.59 Å². The van der Waals surface area contributed by atoms with Crippen LogP contribution < -0.4 is 5.43 Å². The van der Waals surface area contributed by atoms with Crippen molar-refractivity contribution in [2.24, 2.45) is 0 Å². The van der Waals surface area contributed by atoms with Crippen LogP contribution in [0.5, 0.6) is 0 Å². The first-order valence-corrected chi connectivity index (χ1v) is 8.52. The maximum Gasteiger partial charge on any atom is 0.338 e. The van der Waals surface area contributed by atoms with Gasteiger partial charge in [0, 0.05) is 5.38 Å². The number of aryl methyl sites for hydroxylation is 2. The Balaban J connectivity index is 2.24. The Morgan fingerprint density at radius 2 is 2.17 bits per heavy atom. The van der Waals surface area contributed by atoms with Crippen molar-refractivity contribution in [2.75, 3.05) is 7.11 Å². The predicted molar refractivity (Wildman–Crippen MR) is 93.7 cm³/mol.